The van der Waals surface area contributed by atoms with E-state index in [0.717, 1.165) is 5.69 Å². The molecule has 1 aromatic carbocycles. The van der Waals surface area contributed by atoms with E-state index in [1.54, 1.807) is 18.2 Å². The molecule has 7 nitrogen and oxygen atoms in total. The van der Waals surface area contributed by atoms with Gasteiger partial charge in [-0.05, 0) is 24.4 Å². The summed E-state index contributed by atoms with van der Waals surface area (Å²) in [7, 11) is 1.62. The van der Waals surface area contributed by atoms with Gasteiger partial charge >= 0.3 is 0 Å². The average molecular weight is 377 g/mol. The zero-order chi connectivity index (χ0) is 18.1. The summed E-state index contributed by atoms with van der Waals surface area (Å²) >= 11 is 6.43. The van der Waals surface area contributed by atoms with Gasteiger partial charge in [0.25, 0.3) is 0 Å². The third kappa shape index (κ3) is 5.89. The van der Waals surface area contributed by atoms with Crippen LogP contribution in [0.4, 0.5) is 10.8 Å². The van der Waals surface area contributed by atoms with Crippen molar-refractivity contribution in [1.29, 1.82) is 0 Å². The lowest BCUT2D eigenvalue weighted by molar-refractivity contribution is -0.115. The SMILES string of the molecule is COCCNC(=S)N/N=C\c1csc(N(C(C)=O)c2ccccc2)n1. The fraction of sp³-hybridized carbons (Fsp3) is 0.250. The molecule has 9 heteroatoms. The van der Waals surface area contributed by atoms with Crippen molar-refractivity contribution < 1.29 is 9.53 Å². The van der Waals surface area contributed by atoms with Gasteiger partial charge in [-0.3, -0.25) is 15.1 Å². The Morgan fingerprint density at radius 1 is 1.44 bits per heavy atom. The van der Waals surface area contributed by atoms with Crippen LogP contribution >= 0.6 is 23.6 Å². The molecule has 132 valence electrons. The second-order valence-corrected chi connectivity index (χ2v) is 6.11. The Labute approximate surface area is 155 Å². The van der Waals surface area contributed by atoms with Crippen molar-refractivity contribution in [2.75, 3.05) is 25.2 Å². The lowest BCUT2D eigenvalue weighted by Gasteiger charge is -2.17. The second kappa shape index (κ2) is 9.82. The van der Waals surface area contributed by atoms with E-state index in [0.29, 0.717) is 29.1 Å². The number of aromatic nitrogens is 1. The summed E-state index contributed by atoms with van der Waals surface area (Å²) in [5.41, 5.74) is 4.11. The van der Waals surface area contributed by atoms with Gasteiger partial charge in [0.2, 0.25) is 5.91 Å². The molecule has 0 atom stereocenters. The average Bonchev–Trinajstić information content (AvgIpc) is 3.04. The van der Waals surface area contributed by atoms with Crippen molar-refractivity contribution in [2.24, 2.45) is 5.10 Å². The third-order valence-corrected chi connectivity index (χ3v) is 4.06. The number of thiocarbonyl (C=S) groups is 1. The number of thiazole rings is 1. The van der Waals surface area contributed by atoms with Crippen LogP contribution in [0.3, 0.4) is 0 Å². The van der Waals surface area contributed by atoms with Gasteiger partial charge < -0.3 is 10.1 Å². The highest BCUT2D eigenvalue weighted by molar-refractivity contribution is 7.80. The van der Waals surface area contributed by atoms with Crippen LogP contribution in [-0.4, -0.2) is 42.5 Å². The third-order valence-electron chi connectivity index (χ3n) is 2.99. The molecule has 0 aliphatic rings. The van der Waals surface area contributed by atoms with E-state index in [1.165, 1.54) is 18.3 Å². The molecule has 0 aliphatic heterocycles. The molecule has 1 heterocycles. The minimum Gasteiger partial charge on any atom is -0.383 e. The molecule has 0 aliphatic carbocycles. The number of para-hydroxylation sites is 1. The van der Waals surface area contributed by atoms with Gasteiger partial charge in [0.1, 0.15) is 0 Å². The Kier molecular flexibility index (Phi) is 7.45. The quantitative estimate of drug-likeness (QED) is 0.334. The van der Waals surface area contributed by atoms with Gasteiger partial charge in [0.05, 0.1) is 24.2 Å². The highest BCUT2D eigenvalue weighted by atomic mass is 32.1. The lowest BCUT2D eigenvalue weighted by atomic mass is 10.3. The van der Waals surface area contributed by atoms with Gasteiger partial charge in [-0.1, -0.05) is 18.2 Å². The number of methoxy groups -OCH3 is 1. The monoisotopic (exact) mass is 377 g/mol. The first-order valence-corrected chi connectivity index (χ1v) is 8.77. The molecule has 0 saturated carbocycles. The van der Waals surface area contributed by atoms with Crippen LogP contribution in [0.2, 0.25) is 0 Å². The zero-order valence-corrected chi connectivity index (χ0v) is 15.6. The number of hydrogen-bond donors (Lipinski definition) is 2. The number of hydrogen-bond acceptors (Lipinski definition) is 6. The van der Waals surface area contributed by atoms with Gasteiger partial charge in [0.15, 0.2) is 10.2 Å². The van der Waals surface area contributed by atoms with E-state index in [1.807, 2.05) is 35.7 Å². The Balaban J connectivity index is 2.00. The van der Waals surface area contributed by atoms with Gasteiger partial charge in [-0.2, -0.15) is 5.10 Å². The first kappa shape index (κ1) is 19.0. The van der Waals surface area contributed by atoms with Crippen LogP contribution in [0.1, 0.15) is 12.6 Å². The zero-order valence-electron chi connectivity index (χ0n) is 13.9. The van der Waals surface area contributed by atoms with E-state index in [-0.39, 0.29) is 5.91 Å². The van der Waals surface area contributed by atoms with Crippen LogP contribution in [-0.2, 0) is 9.53 Å². The molecular weight excluding hydrogens is 358 g/mol. The Hall–Kier alpha value is -2.36. The fourth-order valence-corrected chi connectivity index (χ4v) is 2.90. The molecule has 0 saturated heterocycles. The number of ether oxygens (including phenoxy) is 1. The van der Waals surface area contributed by atoms with Crippen LogP contribution in [0.15, 0.2) is 40.8 Å². The number of hydrazone groups is 1. The Morgan fingerprint density at radius 2 is 2.20 bits per heavy atom. The van der Waals surface area contributed by atoms with Crippen molar-refractivity contribution in [1.82, 2.24) is 15.7 Å². The molecule has 25 heavy (non-hydrogen) atoms. The maximum Gasteiger partial charge on any atom is 0.230 e. The summed E-state index contributed by atoms with van der Waals surface area (Å²) in [6, 6.07) is 9.38. The normalized spacial score (nSPS) is 10.6. The van der Waals surface area contributed by atoms with Gasteiger partial charge in [-0.25, -0.2) is 4.98 Å². The highest BCUT2D eigenvalue weighted by Crippen LogP contribution is 2.28. The maximum absolute atomic E-state index is 12.0. The number of amides is 1. The van der Waals surface area contributed by atoms with E-state index < -0.39 is 0 Å². The highest BCUT2D eigenvalue weighted by Gasteiger charge is 2.17. The summed E-state index contributed by atoms with van der Waals surface area (Å²) in [6.07, 6.45) is 1.55. The van der Waals surface area contributed by atoms with E-state index in [2.05, 4.69) is 20.8 Å². The molecule has 2 aromatic rings. The largest absolute Gasteiger partial charge is 0.383 e. The number of benzene rings is 1. The van der Waals surface area contributed by atoms with Crippen LogP contribution < -0.4 is 15.6 Å². The molecule has 0 unspecified atom stereocenters. The minimum absolute atomic E-state index is 0.106. The minimum atomic E-state index is -0.106. The second-order valence-electron chi connectivity index (χ2n) is 4.86. The van der Waals surface area contributed by atoms with Crippen LogP contribution in [0.25, 0.3) is 0 Å². The number of anilines is 2. The predicted molar refractivity (Wildman–Crippen MR) is 105 cm³/mol. The molecule has 1 amide bonds. The van der Waals surface area contributed by atoms with E-state index in [9.17, 15) is 4.79 Å². The van der Waals surface area contributed by atoms with Crippen molar-refractivity contribution in [2.45, 2.75) is 6.92 Å². The molecule has 0 fully saturated rings. The van der Waals surface area contributed by atoms with Gasteiger partial charge in [0, 0.05) is 26.0 Å². The first-order valence-electron chi connectivity index (χ1n) is 7.49. The van der Waals surface area contributed by atoms with Crippen molar-refractivity contribution in [3.05, 3.63) is 41.4 Å². The standard InChI is InChI=1S/C16H19N5O2S2/c1-12(22)21(14-6-4-3-5-7-14)16-19-13(11-25-16)10-18-20-15(24)17-8-9-23-2/h3-7,10-11H,8-9H2,1-2H3,(H2,17,20,24)/b18-10-. The number of carbonyl (C=O) groups is 1. The maximum atomic E-state index is 12.0. The molecule has 0 spiro atoms. The van der Waals surface area contributed by atoms with E-state index in [4.69, 9.17) is 17.0 Å². The smallest absolute Gasteiger partial charge is 0.230 e. The summed E-state index contributed by atoms with van der Waals surface area (Å²) in [5.74, 6) is -0.106. The number of rotatable bonds is 7. The lowest BCUT2D eigenvalue weighted by Crippen LogP contribution is -2.34. The first-order chi connectivity index (χ1) is 12.1. The summed E-state index contributed by atoms with van der Waals surface area (Å²) in [5, 5.41) is 9.78. The van der Waals surface area contributed by atoms with E-state index >= 15 is 0 Å². The topological polar surface area (TPSA) is 78.9 Å². The number of nitrogens with zero attached hydrogens (tertiary/aromatic N) is 3. The van der Waals surface area contributed by atoms with Crippen LogP contribution in [0, 0.1) is 0 Å². The summed E-state index contributed by atoms with van der Waals surface area (Å²) in [6.45, 7) is 2.67. The van der Waals surface area contributed by atoms with Gasteiger partial charge in [-0.15, -0.1) is 11.3 Å². The molecule has 1 aromatic heterocycles. The fourth-order valence-electron chi connectivity index (χ4n) is 1.91. The summed E-state index contributed by atoms with van der Waals surface area (Å²) in [4.78, 5) is 18.0. The van der Waals surface area contributed by atoms with Crippen molar-refractivity contribution in [3.63, 3.8) is 0 Å². The number of carbonyl (C=O) groups excluding carboxylic acids is 1. The van der Waals surface area contributed by atoms with Crippen molar-refractivity contribution in [3.8, 4) is 0 Å². The molecule has 2 rings (SSSR count). The molecule has 0 radical (unpaired) electrons. The predicted octanol–water partition coefficient (Wildman–Crippen LogP) is 2.27. The Bertz CT molecular complexity index is 733. The molecule has 2 N–H and O–H groups in total. The number of nitrogens with one attached hydrogen (secondary N) is 2. The summed E-state index contributed by atoms with van der Waals surface area (Å²) < 4.78 is 4.92. The Morgan fingerprint density at radius 3 is 2.88 bits per heavy atom. The van der Waals surface area contributed by atoms with Crippen LogP contribution in [0.5, 0.6) is 0 Å². The molecule has 0 bridgehead atoms. The molecular formula is C16H19N5O2S2. The van der Waals surface area contributed by atoms with Crippen molar-refractivity contribution >= 4 is 51.6 Å².